The van der Waals surface area contributed by atoms with Crippen molar-refractivity contribution >= 4 is 28.4 Å². The monoisotopic (exact) mass is 353 g/mol. The summed E-state index contributed by atoms with van der Waals surface area (Å²) < 4.78 is 4.84. The molecule has 3 rings (SSSR count). The molecular formula is C21H23NO4. The number of carbonyl (C=O) groups excluding carboxylic acids is 3. The van der Waals surface area contributed by atoms with Crippen LogP contribution in [0.1, 0.15) is 31.2 Å². The quantitative estimate of drug-likeness (QED) is 0.839. The van der Waals surface area contributed by atoms with Gasteiger partial charge in [0.15, 0.2) is 0 Å². The van der Waals surface area contributed by atoms with Gasteiger partial charge in [-0.3, -0.25) is 9.59 Å². The molecule has 2 aromatic rings. The molecule has 136 valence electrons. The lowest BCUT2D eigenvalue weighted by Gasteiger charge is -2.28. The van der Waals surface area contributed by atoms with Crippen LogP contribution in [0.25, 0.3) is 10.8 Å². The van der Waals surface area contributed by atoms with Crippen molar-refractivity contribution in [3.63, 3.8) is 0 Å². The van der Waals surface area contributed by atoms with E-state index >= 15 is 0 Å². The van der Waals surface area contributed by atoms with Crippen LogP contribution in [0.3, 0.4) is 0 Å². The zero-order valence-corrected chi connectivity index (χ0v) is 14.9. The molecule has 26 heavy (non-hydrogen) atoms. The fraction of sp³-hybridized carbons (Fsp3) is 0.381. The highest BCUT2D eigenvalue weighted by Crippen LogP contribution is 2.25. The predicted molar refractivity (Wildman–Crippen MR) is 98.6 cm³/mol. The van der Waals surface area contributed by atoms with Gasteiger partial charge in [0, 0.05) is 12.8 Å². The maximum Gasteiger partial charge on any atom is 0.328 e. The molecule has 1 aliphatic rings. The van der Waals surface area contributed by atoms with E-state index in [1.165, 1.54) is 7.11 Å². The number of rotatable bonds is 5. The summed E-state index contributed by atoms with van der Waals surface area (Å²) in [5, 5.41) is 4.97. The van der Waals surface area contributed by atoms with E-state index in [1.807, 2.05) is 42.5 Å². The van der Waals surface area contributed by atoms with E-state index in [0.717, 1.165) is 29.2 Å². The molecule has 0 aromatic heterocycles. The molecule has 1 fully saturated rings. The molecule has 2 atom stereocenters. The molecule has 0 unspecified atom stereocenters. The highest BCUT2D eigenvalue weighted by atomic mass is 16.5. The molecule has 1 N–H and O–H groups in total. The highest BCUT2D eigenvalue weighted by Gasteiger charge is 2.34. The van der Waals surface area contributed by atoms with Gasteiger partial charge in [0.05, 0.1) is 13.5 Å². The van der Waals surface area contributed by atoms with Crippen molar-refractivity contribution in [3.8, 4) is 0 Å². The van der Waals surface area contributed by atoms with Crippen molar-refractivity contribution in [2.45, 2.75) is 38.1 Å². The average Bonchev–Trinajstić information content (AvgIpc) is 2.65. The van der Waals surface area contributed by atoms with Gasteiger partial charge in [-0.1, -0.05) is 42.5 Å². The van der Waals surface area contributed by atoms with Crippen LogP contribution in [-0.2, 0) is 25.5 Å². The number of methoxy groups -OCH3 is 1. The maximum atomic E-state index is 12.5. The average molecular weight is 353 g/mol. The van der Waals surface area contributed by atoms with Crippen LogP contribution >= 0.6 is 0 Å². The number of carbonyl (C=O) groups is 3. The Bertz CT molecular complexity index is 830. The largest absolute Gasteiger partial charge is 0.467 e. The number of ether oxygens (including phenoxy) is 1. The molecule has 5 heteroatoms. The summed E-state index contributed by atoms with van der Waals surface area (Å²) in [6.45, 7) is 0. The summed E-state index contributed by atoms with van der Waals surface area (Å²) in [5.41, 5.74) is 0.879. The second kappa shape index (κ2) is 8.13. The van der Waals surface area contributed by atoms with E-state index in [-0.39, 0.29) is 24.0 Å². The fourth-order valence-corrected chi connectivity index (χ4v) is 3.60. The van der Waals surface area contributed by atoms with Crippen LogP contribution in [0.5, 0.6) is 0 Å². The van der Waals surface area contributed by atoms with Gasteiger partial charge in [0.1, 0.15) is 11.8 Å². The van der Waals surface area contributed by atoms with E-state index in [2.05, 4.69) is 5.32 Å². The summed E-state index contributed by atoms with van der Waals surface area (Å²) in [6.07, 6.45) is 2.53. The minimum atomic E-state index is -0.766. The first-order valence-corrected chi connectivity index (χ1v) is 8.93. The summed E-state index contributed by atoms with van der Waals surface area (Å²) in [6, 6.07) is 13.1. The van der Waals surface area contributed by atoms with E-state index in [1.54, 1.807) is 0 Å². The molecule has 0 spiro atoms. The maximum absolute atomic E-state index is 12.5. The van der Waals surface area contributed by atoms with Gasteiger partial charge < -0.3 is 10.1 Å². The standard InChI is InChI=1S/C21H23NO4/c1-26-21(25)20(17-7-4-8-18(23)13-17)22-19(24)12-14-9-10-15-5-2-3-6-16(15)11-14/h2-3,5-6,9-11,17,20H,4,7-8,12-13H2,1H3,(H,22,24)/t17-,20-/m0/s1. The van der Waals surface area contributed by atoms with Gasteiger partial charge in [-0.15, -0.1) is 0 Å². The van der Waals surface area contributed by atoms with Gasteiger partial charge in [0.2, 0.25) is 5.91 Å². The first-order chi connectivity index (χ1) is 12.6. The number of hydrogen-bond acceptors (Lipinski definition) is 4. The Morgan fingerprint density at radius 2 is 1.96 bits per heavy atom. The number of Topliss-reactive ketones (excluding diaryl/α,β-unsaturated/α-hetero) is 1. The Kier molecular flexibility index (Phi) is 5.66. The third-order valence-corrected chi connectivity index (χ3v) is 4.94. The van der Waals surface area contributed by atoms with E-state index in [9.17, 15) is 14.4 Å². The molecule has 1 amide bonds. The summed E-state index contributed by atoms with van der Waals surface area (Å²) in [4.78, 5) is 36.4. The van der Waals surface area contributed by atoms with Crippen LogP contribution in [0.2, 0.25) is 0 Å². The summed E-state index contributed by atoms with van der Waals surface area (Å²) in [5.74, 6) is -0.784. The topological polar surface area (TPSA) is 72.5 Å². The Hall–Kier alpha value is -2.69. The predicted octanol–water partition coefficient (Wildman–Crippen LogP) is 2.80. The van der Waals surface area contributed by atoms with Crippen molar-refractivity contribution in [2.75, 3.05) is 7.11 Å². The third-order valence-electron chi connectivity index (χ3n) is 4.94. The SMILES string of the molecule is COC(=O)[C@@H](NC(=O)Cc1ccc2ccccc2c1)[C@H]1CCCC(=O)C1. The van der Waals surface area contributed by atoms with Gasteiger partial charge >= 0.3 is 5.97 Å². The Labute approximate surface area is 152 Å². The van der Waals surface area contributed by atoms with Crippen LogP contribution in [0, 0.1) is 5.92 Å². The summed E-state index contributed by atoms with van der Waals surface area (Å²) >= 11 is 0. The van der Waals surface area contributed by atoms with E-state index < -0.39 is 12.0 Å². The Morgan fingerprint density at radius 3 is 2.69 bits per heavy atom. The lowest BCUT2D eigenvalue weighted by Crippen LogP contribution is -2.48. The van der Waals surface area contributed by atoms with Crippen molar-refractivity contribution < 1.29 is 19.1 Å². The van der Waals surface area contributed by atoms with Gasteiger partial charge in [-0.2, -0.15) is 0 Å². The number of nitrogens with one attached hydrogen (secondary N) is 1. The molecule has 1 saturated carbocycles. The van der Waals surface area contributed by atoms with E-state index in [4.69, 9.17) is 4.74 Å². The molecule has 0 aliphatic heterocycles. The zero-order chi connectivity index (χ0) is 18.5. The first-order valence-electron chi connectivity index (χ1n) is 8.93. The molecule has 1 aliphatic carbocycles. The number of hydrogen-bond donors (Lipinski definition) is 1. The van der Waals surface area contributed by atoms with Gasteiger partial charge in [-0.05, 0) is 35.1 Å². The molecular weight excluding hydrogens is 330 g/mol. The zero-order valence-electron chi connectivity index (χ0n) is 14.9. The smallest absolute Gasteiger partial charge is 0.328 e. The lowest BCUT2D eigenvalue weighted by atomic mass is 9.83. The Morgan fingerprint density at radius 1 is 1.19 bits per heavy atom. The summed E-state index contributed by atoms with van der Waals surface area (Å²) in [7, 11) is 1.30. The van der Waals surface area contributed by atoms with Gasteiger partial charge in [-0.25, -0.2) is 4.79 Å². The minimum Gasteiger partial charge on any atom is -0.467 e. The number of ketones is 1. The Balaban J connectivity index is 1.70. The molecule has 0 radical (unpaired) electrons. The third kappa shape index (κ3) is 4.28. The molecule has 5 nitrogen and oxygen atoms in total. The lowest BCUT2D eigenvalue weighted by molar-refractivity contribution is -0.147. The second-order valence-corrected chi connectivity index (χ2v) is 6.82. The van der Waals surface area contributed by atoms with Crippen molar-refractivity contribution in [1.29, 1.82) is 0 Å². The van der Waals surface area contributed by atoms with Crippen molar-refractivity contribution in [1.82, 2.24) is 5.32 Å². The molecule has 0 bridgehead atoms. The second-order valence-electron chi connectivity index (χ2n) is 6.82. The van der Waals surface area contributed by atoms with Gasteiger partial charge in [0.25, 0.3) is 0 Å². The minimum absolute atomic E-state index is 0.138. The normalized spacial score (nSPS) is 18.3. The fourth-order valence-electron chi connectivity index (χ4n) is 3.60. The molecule has 0 heterocycles. The highest BCUT2D eigenvalue weighted by molar-refractivity contribution is 5.88. The van der Waals surface area contributed by atoms with E-state index in [0.29, 0.717) is 12.8 Å². The number of amides is 1. The molecule has 2 aromatic carbocycles. The number of benzene rings is 2. The van der Waals surface area contributed by atoms with Crippen LogP contribution < -0.4 is 5.32 Å². The first kappa shape index (κ1) is 18.1. The van der Waals surface area contributed by atoms with Crippen molar-refractivity contribution in [2.24, 2.45) is 5.92 Å². The van der Waals surface area contributed by atoms with Crippen molar-refractivity contribution in [3.05, 3.63) is 48.0 Å². The van der Waals surface area contributed by atoms with Crippen LogP contribution in [0.15, 0.2) is 42.5 Å². The van der Waals surface area contributed by atoms with Crippen LogP contribution in [0.4, 0.5) is 0 Å². The molecule has 0 saturated heterocycles. The number of esters is 1. The number of fused-ring (bicyclic) bond motifs is 1. The van der Waals surface area contributed by atoms with Crippen LogP contribution in [-0.4, -0.2) is 30.8 Å².